The molecule has 0 amide bonds. The number of carbonyl (C=O) groups is 1. The molecule has 0 aromatic carbocycles. The van der Waals surface area contributed by atoms with E-state index in [1.807, 2.05) is 6.92 Å². The summed E-state index contributed by atoms with van der Waals surface area (Å²) in [6.45, 7) is 3.55. The maximum atomic E-state index is 11.3. The van der Waals surface area contributed by atoms with Crippen LogP contribution in [-0.2, 0) is 14.3 Å². The third kappa shape index (κ3) is 3.93. The van der Waals surface area contributed by atoms with Crippen molar-refractivity contribution in [2.45, 2.75) is 38.4 Å². The number of hydrogen-bond donors (Lipinski definition) is 0. The normalized spacial score (nSPS) is 22.0. The summed E-state index contributed by atoms with van der Waals surface area (Å²) in [4.78, 5) is 11.3. The lowest BCUT2D eigenvalue weighted by Crippen LogP contribution is -2.29. The monoisotopic (exact) mass is 207 g/mol. The van der Waals surface area contributed by atoms with Crippen LogP contribution in [0.2, 0.25) is 0 Å². The first kappa shape index (κ1) is 12.1. The Kier molecular flexibility index (Phi) is 5.20. The van der Waals surface area contributed by atoms with Gasteiger partial charge in [0.25, 0.3) is 0 Å². The van der Waals surface area contributed by atoms with Gasteiger partial charge in [-0.05, 0) is 12.8 Å². The molecule has 3 nitrogen and oxygen atoms in total. The first-order chi connectivity index (χ1) is 7.27. The van der Waals surface area contributed by atoms with E-state index in [4.69, 9.17) is 15.9 Å². The fourth-order valence-electron chi connectivity index (χ4n) is 1.23. The van der Waals surface area contributed by atoms with E-state index in [0.29, 0.717) is 6.42 Å². The number of esters is 1. The molecule has 2 atom stereocenters. The van der Waals surface area contributed by atoms with Gasteiger partial charge in [-0.1, -0.05) is 19.3 Å². The van der Waals surface area contributed by atoms with Crippen LogP contribution in [-0.4, -0.2) is 18.2 Å². The Bertz CT molecular complexity index is 236. The van der Waals surface area contributed by atoms with Crippen LogP contribution in [0.1, 0.15) is 26.2 Å². The minimum absolute atomic E-state index is 0.260. The second-order valence-electron chi connectivity index (χ2n) is 3.30. The average Bonchev–Trinajstić information content (AvgIpc) is 2.76. The van der Waals surface area contributed by atoms with Gasteiger partial charge in [0.05, 0.1) is 6.61 Å². The molecule has 3 radical (unpaired) electrons. The van der Waals surface area contributed by atoms with Crippen molar-refractivity contribution in [3.8, 4) is 12.3 Å². The molecule has 1 heterocycles. The number of unbranched alkanes of at least 4 members (excludes halogenated alkanes) is 1. The summed E-state index contributed by atoms with van der Waals surface area (Å²) in [5, 5.41) is 0. The van der Waals surface area contributed by atoms with Gasteiger partial charge in [0.1, 0.15) is 6.10 Å². The first-order valence-electron chi connectivity index (χ1n) is 5.09. The molecule has 0 spiro atoms. The predicted octanol–water partition coefficient (Wildman–Crippen LogP) is 1.69. The summed E-state index contributed by atoms with van der Waals surface area (Å²) in [6, 6.07) is 0. The van der Waals surface area contributed by atoms with Crippen LogP contribution < -0.4 is 0 Å². The number of carbonyl (C=O) groups excluding carboxylic acids is 1. The largest absolute Gasteiger partial charge is 0.446 e. The highest BCUT2D eigenvalue weighted by atomic mass is 16.6. The molecule has 0 bridgehead atoms. The molecule has 0 aromatic heterocycles. The van der Waals surface area contributed by atoms with Crippen LogP contribution in [0, 0.1) is 31.8 Å². The van der Waals surface area contributed by atoms with Crippen molar-refractivity contribution in [1.82, 2.24) is 0 Å². The molecular weight excluding hydrogens is 192 g/mol. The van der Waals surface area contributed by atoms with E-state index in [2.05, 4.69) is 5.92 Å². The number of rotatable bonds is 5. The molecule has 1 fully saturated rings. The topological polar surface area (TPSA) is 35.5 Å². The fraction of sp³-hybridized carbons (Fsp3) is 0.500. The summed E-state index contributed by atoms with van der Waals surface area (Å²) >= 11 is 0. The van der Waals surface area contributed by atoms with Gasteiger partial charge in [0, 0.05) is 12.8 Å². The van der Waals surface area contributed by atoms with E-state index in [9.17, 15) is 4.79 Å². The highest BCUT2D eigenvalue weighted by molar-refractivity contribution is 5.69. The second-order valence-corrected chi connectivity index (χ2v) is 3.30. The highest BCUT2D eigenvalue weighted by Gasteiger charge is 2.27. The molecule has 1 rings (SSSR count). The van der Waals surface area contributed by atoms with E-state index >= 15 is 0 Å². The predicted molar refractivity (Wildman–Crippen MR) is 56.0 cm³/mol. The molecule has 3 heteroatoms. The van der Waals surface area contributed by atoms with Crippen LogP contribution in [0.5, 0.6) is 0 Å². The van der Waals surface area contributed by atoms with Gasteiger partial charge in [-0.15, -0.1) is 6.42 Å². The molecule has 1 aliphatic heterocycles. The lowest BCUT2D eigenvalue weighted by Gasteiger charge is -2.17. The molecular formula is C12H15O3. The SMILES string of the molecule is C#C[C@H](OC(=O)CCCC)[C@H]1[CH][CH][CH]O1. The molecule has 1 saturated heterocycles. The van der Waals surface area contributed by atoms with Crippen LogP contribution in [0.25, 0.3) is 0 Å². The van der Waals surface area contributed by atoms with E-state index in [1.54, 1.807) is 12.8 Å². The molecule has 0 saturated carbocycles. The smallest absolute Gasteiger partial charge is 0.307 e. The number of terminal acetylenes is 1. The molecule has 15 heavy (non-hydrogen) atoms. The van der Waals surface area contributed by atoms with Gasteiger partial charge in [-0.3, -0.25) is 4.79 Å². The average molecular weight is 207 g/mol. The van der Waals surface area contributed by atoms with Crippen molar-refractivity contribution in [2.75, 3.05) is 0 Å². The Morgan fingerprint density at radius 3 is 3.07 bits per heavy atom. The van der Waals surface area contributed by atoms with Crippen LogP contribution >= 0.6 is 0 Å². The second kappa shape index (κ2) is 6.47. The molecule has 81 valence electrons. The fourth-order valence-corrected chi connectivity index (χ4v) is 1.23. The maximum absolute atomic E-state index is 11.3. The zero-order valence-corrected chi connectivity index (χ0v) is 8.81. The molecule has 0 unspecified atom stereocenters. The van der Waals surface area contributed by atoms with Crippen molar-refractivity contribution in [2.24, 2.45) is 0 Å². The minimum Gasteiger partial charge on any atom is -0.446 e. The Hall–Kier alpha value is -1.01. The minimum atomic E-state index is -0.621. The lowest BCUT2D eigenvalue weighted by atomic mass is 10.1. The molecule has 0 aliphatic carbocycles. The van der Waals surface area contributed by atoms with Crippen molar-refractivity contribution >= 4 is 5.97 Å². The van der Waals surface area contributed by atoms with Crippen molar-refractivity contribution in [1.29, 1.82) is 0 Å². The van der Waals surface area contributed by atoms with Gasteiger partial charge in [-0.25, -0.2) is 0 Å². The van der Waals surface area contributed by atoms with Crippen molar-refractivity contribution in [3.63, 3.8) is 0 Å². The zero-order chi connectivity index (χ0) is 11.1. The molecule has 0 aromatic rings. The summed E-state index contributed by atoms with van der Waals surface area (Å²) in [5.74, 6) is 2.15. The highest BCUT2D eigenvalue weighted by Crippen LogP contribution is 2.19. The van der Waals surface area contributed by atoms with Gasteiger partial charge in [-0.2, -0.15) is 0 Å². The Labute approximate surface area is 91.1 Å². The van der Waals surface area contributed by atoms with E-state index in [1.165, 1.54) is 6.61 Å². The summed E-state index contributed by atoms with van der Waals surface area (Å²) in [6.07, 6.45) is 10.0. The van der Waals surface area contributed by atoms with Crippen LogP contribution in [0.3, 0.4) is 0 Å². The zero-order valence-electron chi connectivity index (χ0n) is 8.81. The maximum Gasteiger partial charge on any atom is 0.307 e. The van der Waals surface area contributed by atoms with Crippen molar-refractivity contribution in [3.05, 3.63) is 19.4 Å². The number of hydrogen-bond acceptors (Lipinski definition) is 3. The standard InChI is InChI=1S/C12H15O3/c1-3-5-8-12(13)15-10(4-2)11-7-6-9-14-11/h2,6-7,9-11H,3,5,8H2,1H3/t10-,11+/m0/s1. The van der Waals surface area contributed by atoms with E-state index in [0.717, 1.165) is 12.8 Å². The number of ether oxygens (including phenoxy) is 2. The Morgan fingerprint density at radius 1 is 1.73 bits per heavy atom. The van der Waals surface area contributed by atoms with E-state index < -0.39 is 6.10 Å². The van der Waals surface area contributed by atoms with Crippen LogP contribution in [0.4, 0.5) is 0 Å². The summed E-state index contributed by atoms with van der Waals surface area (Å²) in [7, 11) is 0. The summed E-state index contributed by atoms with van der Waals surface area (Å²) in [5.41, 5.74) is 0. The third-order valence-electron chi connectivity index (χ3n) is 2.07. The Morgan fingerprint density at radius 2 is 2.53 bits per heavy atom. The summed E-state index contributed by atoms with van der Waals surface area (Å²) < 4.78 is 10.3. The van der Waals surface area contributed by atoms with Crippen LogP contribution in [0.15, 0.2) is 0 Å². The third-order valence-corrected chi connectivity index (χ3v) is 2.07. The van der Waals surface area contributed by atoms with Gasteiger partial charge in [0.2, 0.25) is 0 Å². The molecule has 0 N–H and O–H groups in total. The Balaban J connectivity index is 2.33. The van der Waals surface area contributed by atoms with Gasteiger partial charge >= 0.3 is 5.97 Å². The van der Waals surface area contributed by atoms with Gasteiger partial charge in [0.15, 0.2) is 6.10 Å². The lowest BCUT2D eigenvalue weighted by molar-refractivity contribution is -0.150. The van der Waals surface area contributed by atoms with E-state index in [-0.39, 0.29) is 12.1 Å². The van der Waals surface area contributed by atoms with Gasteiger partial charge < -0.3 is 9.47 Å². The van der Waals surface area contributed by atoms with Crippen molar-refractivity contribution < 1.29 is 14.3 Å². The molecule has 1 aliphatic rings. The quantitative estimate of drug-likeness (QED) is 0.508. The first-order valence-corrected chi connectivity index (χ1v) is 5.09.